The van der Waals surface area contributed by atoms with Crippen molar-refractivity contribution < 1.29 is 14.3 Å². The summed E-state index contributed by atoms with van der Waals surface area (Å²) in [6.07, 6.45) is 8.03. The Labute approximate surface area is 106 Å². The number of nitrogens with zero attached hydrogens (tertiary/aromatic N) is 1. The van der Waals surface area contributed by atoms with Gasteiger partial charge in [-0.2, -0.15) is 0 Å². The molecule has 96 valence electrons. The number of terminal acetylenes is 1. The fraction of sp³-hybridized carbons (Fsp3) is 0.538. The molecule has 0 radical (unpaired) electrons. The Balaban J connectivity index is 2.07. The maximum absolute atomic E-state index is 12.3. The Kier molecular flexibility index (Phi) is 3.28. The maximum Gasteiger partial charge on any atom is 0.407 e. The molecule has 1 heterocycles. The van der Waals surface area contributed by atoms with Gasteiger partial charge in [-0.3, -0.25) is 4.79 Å². The van der Waals surface area contributed by atoms with E-state index in [0.717, 1.165) is 12.8 Å². The summed E-state index contributed by atoms with van der Waals surface area (Å²) in [4.78, 5) is 25.2. The number of piperidine rings is 1. The Morgan fingerprint density at radius 2 is 2.33 bits per heavy atom. The molecular formula is C13H16N2O3. The summed E-state index contributed by atoms with van der Waals surface area (Å²) in [7, 11) is 1.25. The summed E-state index contributed by atoms with van der Waals surface area (Å²) in [6, 6.07) is -0.712. The van der Waals surface area contributed by atoms with Gasteiger partial charge in [0.1, 0.15) is 6.04 Å². The zero-order chi connectivity index (χ0) is 13.3. The van der Waals surface area contributed by atoms with Gasteiger partial charge in [0, 0.05) is 6.04 Å². The molecule has 4 unspecified atom stereocenters. The van der Waals surface area contributed by atoms with Crippen LogP contribution >= 0.6 is 0 Å². The average molecular weight is 248 g/mol. The molecule has 2 aliphatic rings. The zero-order valence-electron chi connectivity index (χ0n) is 10.3. The number of nitrogens with one attached hydrogen (secondary N) is 1. The number of rotatable bonds is 3. The van der Waals surface area contributed by atoms with E-state index in [1.54, 1.807) is 4.90 Å². The number of likely N-dealkylation sites (tertiary alicyclic amines) is 1. The third-order valence-corrected chi connectivity index (χ3v) is 3.51. The van der Waals surface area contributed by atoms with Gasteiger partial charge >= 0.3 is 6.09 Å². The number of carbonyl (C=O) groups excluding carboxylic acids is 2. The first-order valence-corrected chi connectivity index (χ1v) is 5.87. The topological polar surface area (TPSA) is 58.6 Å². The van der Waals surface area contributed by atoms with Crippen LogP contribution in [0.4, 0.5) is 4.79 Å². The van der Waals surface area contributed by atoms with Gasteiger partial charge in [-0.25, -0.2) is 4.79 Å². The number of alkyl carbamates (subject to hydrolysis) is 1. The van der Waals surface area contributed by atoms with E-state index in [4.69, 9.17) is 6.42 Å². The quantitative estimate of drug-likeness (QED) is 0.585. The molecule has 1 aliphatic heterocycles. The Morgan fingerprint density at radius 3 is 2.89 bits per heavy atom. The van der Waals surface area contributed by atoms with Gasteiger partial charge in [-0.05, 0) is 18.8 Å². The van der Waals surface area contributed by atoms with Gasteiger partial charge in [-0.15, -0.1) is 13.0 Å². The fourth-order valence-electron chi connectivity index (χ4n) is 2.49. The van der Waals surface area contributed by atoms with Crippen molar-refractivity contribution in [3.63, 3.8) is 0 Å². The van der Waals surface area contributed by atoms with Gasteiger partial charge in [0.15, 0.2) is 0 Å². The second kappa shape index (κ2) is 4.73. The van der Waals surface area contributed by atoms with Crippen LogP contribution in [0.15, 0.2) is 12.7 Å². The van der Waals surface area contributed by atoms with Crippen molar-refractivity contribution in [2.24, 2.45) is 5.92 Å². The summed E-state index contributed by atoms with van der Waals surface area (Å²) in [6.45, 7) is 3.56. The number of hydrogen-bond acceptors (Lipinski definition) is 3. The molecule has 2 fully saturated rings. The van der Waals surface area contributed by atoms with E-state index in [-0.39, 0.29) is 18.0 Å². The Bertz CT molecular complexity index is 426. The molecule has 1 aliphatic carbocycles. The first kappa shape index (κ1) is 12.5. The third kappa shape index (κ3) is 2.06. The van der Waals surface area contributed by atoms with Gasteiger partial charge in [0.05, 0.1) is 13.2 Å². The van der Waals surface area contributed by atoms with Crippen LogP contribution in [0, 0.1) is 18.3 Å². The molecule has 2 rings (SSSR count). The van der Waals surface area contributed by atoms with Gasteiger partial charge in [-0.1, -0.05) is 12.0 Å². The molecule has 0 aromatic rings. The molecule has 5 heteroatoms. The Morgan fingerprint density at radius 1 is 1.61 bits per heavy atom. The van der Waals surface area contributed by atoms with Crippen molar-refractivity contribution in [3.8, 4) is 12.3 Å². The predicted molar refractivity (Wildman–Crippen MR) is 65.5 cm³/mol. The smallest absolute Gasteiger partial charge is 0.407 e. The minimum absolute atomic E-state index is 0.164. The van der Waals surface area contributed by atoms with Crippen molar-refractivity contribution >= 4 is 12.0 Å². The van der Waals surface area contributed by atoms with E-state index in [1.807, 2.05) is 0 Å². The van der Waals surface area contributed by atoms with Crippen molar-refractivity contribution in [2.45, 2.75) is 31.0 Å². The van der Waals surface area contributed by atoms with E-state index >= 15 is 0 Å². The minimum Gasteiger partial charge on any atom is -0.453 e. The van der Waals surface area contributed by atoms with Gasteiger partial charge in [0.25, 0.3) is 5.91 Å². The van der Waals surface area contributed by atoms with Crippen molar-refractivity contribution in [3.05, 3.63) is 12.7 Å². The molecule has 1 N–H and O–H groups in total. The molecule has 4 atom stereocenters. The highest BCUT2D eigenvalue weighted by Crippen LogP contribution is 2.47. The lowest BCUT2D eigenvalue weighted by Gasteiger charge is -2.27. The molecule has 0 aromatic heterocycles. The largest absolute Gasteiger partial charge is 0.453 e. The fourth-order valence-corrected chi connectivity index (χ4v) is 2.49. The number of fused-ring (bicyclic) bond motifs is 1. The highest BCUT2D eigenvalue weighted by atomic mass is 16.5. The number of ether oxygens (including phenoxy) is 1. The standard InChI is InChI=1S/C13H16N2O3/c1-4-9-6-8-7-11(8)15(9)12(16)10(5-2)14-13(17)18-3/h1,5,8-11H,2,6-7H2,3H3,(H,14,17). The van der Waals surface area contributed by atoms with Crippen LogP contribution in [0.3, 0.4) is 0 Å². The van der Waals surface area contributed by atoms with Crippen LogP contribution in [-0.2, 0) is 9.53 Å². The van der Waals surface area contributed by atoms with E-state index in [1.165, 1.54) is 13.2 Å². The second-order valence-electron chi connectivity index (χ2n) is 4.58. The van der Waals surface area contributed by atoms with Crippen molar-refractivity contribution in [2.75, 3.05) is 7.11 Å². The van der Waals surface area contributed by atoms with E-state index in [0.29, 0.717) is 5.92 Å². The highest BCUT2D eigenvalue weighted by Gasteiger charge is 2.54. The monoisotopic (exact) mass is 248 g/mol. The molecular weight excluding hydrogens is 232 g/mol. The van der Waals surface area contributed by atoms with E-state index in [2.05, 4.69) is 22.6 Å². The number of hydrogen-bond donors (Lipinski definition) is 1. The Hall–Kier alpha value is -1.96. The van der Waals surface area contributed by atoms with Crippen LogP contribution in [-0.4, -0.2) is 42.1 Å². The highest BCUT2D eigenvalue weighted by molar-refractivity contribution is 5.88. The van der Waals surface area contributed by atoms with Crippen LogP contribution in [0.25, 0.3) is 0 Å². The van der Waals surface area contributed by atoms with Gasteiger partial charge < -0.3 is 15.0 Å². The number of amides is 2. The minimum atomic E-state index is -0.785. The molecule has 0 aromatic carbocycles. The molecule has 5 nitrogen and oxygen atoms in total. The first-order chi connectivity index (χ1) is 8.62. The average Bonchev–Trinajstić information content (AvgIpc) is 3.05. The molecule has 1 saturated heterocycles. The lowest BCUT2D eigenvalue weighted by molar-refractivity contribution is -0.133. The van der Waals surface area contributed by atoms with Gasteiger partial charge in [0.2, 0.25) is 0 Å². The van der Waals surface area contributed by atoms with Crippen LogP contribution in [0.5, 0.6) is 0 Å². The lowest BCUT2D eigenvalue weighted by Crippen LogP contribution is -2.50. The van der Waals surface area contributed by atoms with E-state index in [9.17, 15) is 9.59 Å². The van der Waals surface area contributed by atoms with Crippen molar-refractivity contribution in [1.29, 1.82) is 0 Å². The SMILES string of the molecule is C#CC1CC2CC2N1C(=O)C(C=C)NC(=O)OC. The zero-order valence-corrected chi connectivity index (χ0v) is 10.3. The van der Waals surface area contributed by atoms with Crippen LogP contribution in [0.1, 0.15) is 12.8 Å². The summed E-state index contributed by atoms with van der Waals surface area (Å²) in [5, 5.41) is 2.44. The third-order valence-electron chi connectivity index (χ3n) is 3.51. The summed E-state index contributed by atoms with van der Waals surface area (Å²) in [5.74, 6) is 2.95. The van der Waals surface area contributed by atoms with Crippen LogP contribution in [0.2, 0.25) is 0 Å². The summed E-state index contributed by atoms with van der Waals surface area (Å²) < 4.78 is 4.48. The summed E-state index contributed by atoms with van der Waals surface area (Å²) >= 11 is 0. The molecule has 0 bridgehead atoms. The molecule has 18 heavy (non-hydrogen) atoms. The first-order valence-electron chi connectivity index (χ1n) is 5.87. The second-order valence-corrected chi connectivity index (χ2v) is 4.58. The van der Waals surface area contributed by atoms with E-state index < -0.39 is 12.1 Å². The lowest BCUT2D eigenvalue weighted by atomic mass is 10.1. The summed E-state index contributed by atoms with van der Waals surface area (Å²) in [5.41, 5.74) is 0. The normalized spacial score (nSPS) is 29.8. The van der Waals surface area contributed by atoms with Crippen molar-refractivity contribution in [1.82, 2.24) is 10.2 Å². The molecule has 0 spiro atoms. The molecule has 2 amide bonds. The molecule has 1 saturated carbocycles. The predicted octanol–water partition coefficient (Wildman–Crippen LogP) is 0.520. The van der Waals surface area contributed by atoms with Crippen LogP contribution < -0.4 is 5.32 Å². The number of carbonyl (C=O) groups is 2. The number of methoxy groups -OCH3 is 1. The maximum atomic E-state index is 12.3.